The normalized spacial score (nSPS) is 22.5. The summed E-state index contributed by atoms with van der Waals surface area (Å²) in [5.74, 6) is 0.817. The highest BCUT2D eigenvalue weighted by Crippen LogP contribution is 2.24. The first kappa shape index (κ1) is 16.0. The van der Waals surface area contributed by atoms with Gasteiger partial charge in [0.2, 0.25) is 0 Å². The van der Waals surface area contributed by atoms with Crippen LogP contribution in [0.2, 0.25) is 0 Å². The zero-order chi connectivity index (χ0) is 16.0. The molecular formula is C19H24N2O2. The number of aromatic nitrogens is 1. The predicted octanol–water partition coefficient (Wildman–Crippen LogP) is 2.88. The van der Waals surface area contributed by atoms with E-state index < -0.39 is 5.60 Å². The summed E-state index contributed by atoms with van der Waals surface area (Å²) in [6, 6.07) is 13.8. The number of hydrogen-bond donors (Lipinski definition) is 1. The molecule has 23 heavy (non-hydrogen) atoms. The van der Waals surface area contributed by atoms with Gasteiger partial charge in [0.25, 0.3) is 0 Å². The van der Waals surface area contributed by atoms with Crippen molar-refractivity contribution >= 4 is 0 Å². The van der Waals surface area contributed by atoms with E-state index in [0.717, 1.165) is 44.6 Å². The van der Waals surface area contributed by atoms with E-state index in [2.05, 4.69) is 16.0 Å². The van der Waals surface area contributed by atoms with Crippen molar-refractivity contribution in [1.82, 2.24) is 9.88 Å². The van der Waals surface area contributed by atoms with Gasteiger partial charge in [-0.1, -0.05) is 24.3 Å². The van der Waals surface area contributed by atoms with E-state index in [1.165, 1.54) is 5.56 Å². The molecule has 0 saturated carbocycles. The number of aliphatic hydroxyl groups is 1. The maximum atomic E-state index is 10.8. The summed E-state index contributed by atoms with van der Waals surface area (Å²) >= 11 is 0. The largest absolute Gasteiger partial charge is 0.491 e. The number of hydrogen-bond acceptors (Lipinski definition) is 4. The summed E-state index contributed by atoms with van der Waals surface area (Å²) in [6.07, 6.45) is 6.21. The first-order valence-electron chi connectivity index (χ1n) is 8.25. The van der Waals surface area contributed by atoms with Gasteiger partial charge in [0.05, 0.1) is 5.60 Å². The van der Waals surface area contributed by atoms with Crippen LogP contribution < -0.4 is 4.74 Å². The molecule has 0 aliphatic carbocycles. The topological polar surface area (TPSA) is 45.6 Å². The van der Waals surface area contributed by atoms with E-state index in [0.29, 0.717) is 6.61 Å². The molecule has 0 amide bonds. The molecule has 1 aromatic carbocycles. The van der Waals surface area contributed by atoms with Gasteiger partial charge in [0.1, 0.15) is 12.4 Å². The highest BCUT2D eigenvalue weighted by atomic mass is 16.5. The van der Waals surface area contributed by atoms with Gasteiger partial charge in [-0.2, -0.15) is 0 Å². The van der Waals surface area contributed by atoms with Crippen molar-refractivity contribution in [3.05, 3.63) is 60.4 Å². The molecule has 1 N–H and O–H groups in total. The van der Waals surface area contributed by atoms with Crippen LogP contribution in [0.25, 0.3) is 0 Å². The monoisotopic (exact) mass is 312 g/mol. The van der Waals surface area contributed by atoms with Crippen molar-refractivity contribution in [1.29, 1.82) is 0 Å². The fraction of sp³-hybridized carbons (Fsp3) is 0.421. The average Bonchev–Trinajstić information content (AvgIpc) is 2.78. The van der Waals surface area contributed by atoms with Gasteiger partial charge in [0, 0.05) is 25.5 Å². The summed E-state index contributed by atoms with van der Waals surface area (Å²) in [7, 11) is 0. The zero-order valence-electron chi connectivity index (χ0n) is 13.4. The molecule has 1 unspecified atom stereocenters. The molecular weight excluding hydrogens is 288 g/mol. The first-order valence-corrected chi connectivity index (χ1v) is 8.25. The molecule has 1 aliphatic heterocycles. The Hall–Kier alpha value is -1.91. The summed E-state index contributed by atoms with van der Waals surface area (Å²) < 4.78 is 5.78. The van der Waals surface area contributed by atoms with Crippen molar-refractivity contribution in [2.24, 2.45) is 0 Å². The molecule has 3 rings (SSSR count). The number of para-hydroxylation sites is 1. The van der Waals surface area contributed by atoms with Gasteiger partial charge in [0.15, 0.2) is 0 Å². The van der Waals surface area contributed by atoms with Crippen LogP contribution in [0.1, 0.15) is 24.8 Å². The lowest BCUT2D eigenvalue weighted by Crippen LogP contribution is -2.37. The maximum Gasteiger partial charge on any atom is 0.119 e. The lowest BCUT2D eigenvalue weighted by Gasteiger charge is -2.27. The Morgan fingerprint density at radius 2 is 1.96 bits per heavy atom. The molecule has 1 saturated heterocycles. The van der Waals surface area contributed by atoms with Crippen LogP contribution >= 0.6 is 0 Å². The Bertz CT molecular complexity index is 591. The van der Waals surface area contributed by atoms with E-state index in [1.54, 1.807) is 6.20 Å². The fourth-order valence-corrected chi connectivity index (χ4v) is 3.02. The van der Waals surface area contributed by atoms with Gasteiger partial charge < -0.3 is 9.84 Å². The van der Waals surface area contributed by atoms with Crippen LogP contribution in [0.5, 0.6) is 5.75 Å². The van der Waals surface area contributed by atoms with Crippen LogP contribution in [-0.4, -0.2) is 40.3 Å². The van der Waals surface area contributed by atoms with Crippen molar-refractivity contribution in [3.63, 3.8) is 0 Å². The number of pyridine rings is 1. The minimum absolute atomic E-state index is 0.359. The highest BCUT2D eigenvalue weighted by molar-refractivity contribution is 5.21. The van der Waals surface area contributed by atoms with E-state index in [9.17, 15) is 5.11 Å². The Morgan fingerprint density at radius 1 is 1.09 bits per heavy atom. The van der Waals surface area contributed by atoms with E-state index in [-0.39, 0.29) is 0 Å². The molecule has 0 bridgehead atoms. The Labute approximate surface area is 137 Å². The van der Waals surface area contributed by atoms with Gasteiger partial charge in [-0.05, 0) is 49.6 Å². The third-order valence-corrected chi connectivity index (χ3v) is 4.39. The van der Waals surface area contributed by atoms with Crippen LogP contribution in [0.15, 0.2) is 54.9 Å². The third-order valence-electron chi connectivity index (χ3n) is 4.39. The first-order chi connectivity index (χ1) is 11.2. The molecule has 2 heterocycles. The van der Waals surface area contributed by atoms with Crippen molar-refractivity contribution in [3.8, 4) is 5.75 Å². The van der Waals surface area contributed by atoms with Gasteiger partial charge in [-0.3, -0.25) is 9.88 Å². The van der Waals surface area contributed by atoms with E-state index >= 15 is 0 Å². The molecule has 4 heteroatoms. The van der Waals surface area contributed by atoms with Gasteiger partial charge in [-0.25, -0.2) is 0 Å². The standard InChI is InChI=1S/C19H24N2O2/c22-19(16-23-18-7-2-1-3-8-18)9-5-12-21(13-10-19)15-17-6-4-11-20-14-17/h1-4,6-8,11,14,22H,5,9-10,12-13,15-16H2. The smallest absolute Gasteiger partial charge is 0.119 e. The van der Waals surface area contributed by atoms with Gasteiger partial charge in [-0.15, -0.1) is 0 Å². The number of likely N-dealkylation sites (tertiary alicyclic amines) is 1. The van der Waals surface area contributed by atoms with Crippen LogP contribution in [0, 0.1) is 0 Å². The van der Waals surface area contributed by atoms with Crippen LogP contribution in [0.4, 0.5) is 0 Å². The maximum absolute atomic E-state index is 10.8. The number of nitrogens with zero attached hydrogens (tertiary/aromatic N) is 2. The minimum Gasteiger partial charge on any atom is -0.491 e. The van der Waals surface area contributed by atoms with Crippen LogP contribution in [0.3, 0.4) is 0 Å². The molecule has 4 nitrogen and oxygen atoms in total. The zero-order valence-corrected chi connectivity index (χ0v) is 13.4. The fourth-order valence-electron chi connectivity index (χ4n) is 3.02. The van der Waals surface area contributed by atoms with Crippen LogP contribution in [-0.2, 0) is 6.54 Å². The van der Waals surface area contributed by atoms with Crippen molar-refractivity contribution in [2.45, 2.75) is 31.4 Å². The van der Waals surface area contributed by atoms with Crippen molar-refractivity contribution in [2.75, 3.05) is 19.7 Å². The lowest BCUT2D eigenvalue weighted by atomic mass is 9.96. The Balaban J connectivity index is 1.52. The molecule has 1 atom stereocenters. The second-order valence-corrected chi connectivity index (χ2v) is 6.32. The summed E-state index contributed by atoms with van der Waals surface area (Å²) in [5.41, 5.74) is 0.484. The summed E-state index contributed by atoms with van der Waals surface area (Å²) in [5, 5.41) is 10.8. The van der Waals surface area contributed by atoms with E-state index in [1.807, 2.05) is 42.6 Å². The van der Waals surface area contributed by atoms with E-state index in [4.69, 9.17) is 4.74 Å². The van der Waals surface area contributed by atoms with Crippen molar-refractivity contribution < 1.29 is 9.84 Å². The number of benzene rings is 1. The molecule has 0 spiro atoms. The average molecular weight is 312 g/mol. The molecule has 1 aliphatic rings. The Morgan fingerprint density at radius 3 is 2.74 bits per heavy atom. The number of rotatable bonds is 5. The minimum atomic E-state index is -0.737. The second kappa shape index (κ2) is 7.57. The number of ether oxygens (including phenoxy) is 1. The Kier molecular flexibility index (Phi) is 5.26. The van der Waals surface area contributed by atoms with Gasteiger partial charge >= 0.3 is 0 Å². The third kappa shape index (κ3) is 4.78. The molecule has 2 aromatic rings. The SMILES string of the molecule is OC1(COc2ccccc2)CCCN(Cc2cccnc2)CC1. The molecule has 0 radical (unpaired) electrons. The quantitative estimate of drug-likeness (QED) is 0.922. The summed E-state index contributed by atoms with van der Waals surface area (Å²) in [6.45, 7) is 3.13. The second-order valence-electron chi connectivity index (χ2n) is 6.32. The summed E-state index contributed by atoms with van der Waals surface area (Å²) in [4.78, 5) is 6.56. The highest BCUT2D eigenvalue weighted by Gasteiger charge is 2.31. The molecule has 122 valence electrons. The predicted molar refractivity (Wildman–Crippen MR) is 90.3 cm³/mol. The lowest BCUT2D eigenvalue weighted by molar-refractivity contribution is -0.0168. The molecule has 1 fully saturated rings. The molecule has 1 aromatic heterocycles.